The smallest absolute Gasteiger partial charge is 0.325 e. The van der Waals surface area contributed by atoms with Crippen molar-refractivity contribution in [2.45, 2.75) is 44.2 Å². The van der Waals surface area contributed by atoms with Crippen molar-refractivity contribution >= 4 is 23.8 Å². The Bertz CT molecular complexity index is 1140. The number of nitrogens with zero attached hydrogens (tertiary/aromatic N) is 2. The van der Waals surface area contributed by atoms with Gasteiger partial charge in [-0.3, -0.25) is 19.3 Å². The van der Waals surface area contributed by atoms with Crippen molar-refractivity contribution in [1.82, 2.24) is 20.4 Å². The predicted octanol–water partition coefficient (Wildman–Crippen LogP) is 2.02. The molecule has 5 rings (SSSR count). The molecule has 2 fully saturated rings. The summed E-state index contributed by atoms with van der Waals surface area (Å²) in [6.07, 6.45) is 3.76. The molecule has 8 nitrogen and oxygen atoms in total. The van der Waals surface area contributed by atoms with Crippen LogP contribution in [0.15, 0.2) is 48.5 Å². The summed E-state index contributed by atoms with van der Waals surface area (Å²) in [5.41, 5.74) is 2.75. The maximum atomic E-state index is 13.1. The molecule has 2 saturated heterocycles. The van der Waals surface area contributed by atoms with Crippen LogP contribution in [0.4, 0.5) is 4.79 Å². The van der Waals surface area contributed by atoms with Gasteiger partial charge in [0.15, 0.2) is 0 Å². The Morgan fingerprint density at radius 3 is 2.41 bits per heavy atom. The molecule has 8 heteroatoms. The number of fused-ring (bicyclic) bond motifs is 1. The number of aryl methyl sites for hydroxylation is 1. The van der Waals surface area contributed by atoms with Crippen LogP contribution in [0, 0.1) is 0 Å². The van der Waals surface area contributed by atoms with Crippen LogP contribution >= 0.6 is 0 Å². The van der Waals surface area contributed by atoms with E-state index in [4.69, 9.17) is 0 Å². The second-order valence-corrected chi connectivity index (χ2v) is 9.32. The molecule has 0 bridgehead atoms. The minimum Gasteiger partial charge on any atom is -0.350 e. The molecule has 0 saturated carbocycles. The van der Waals surface area contributed by atoms with Gasteiger partial charge in [0.05, 0.1) is 0 Å². The molecule has 0 aromatic heterocycles. The van der Waals surface area contributed by atoms with Crippen molar-refractivity contribution in [3.8, 4) is 0 Å². The second kappa shape index (κ2) is 8.93. The molecule has 34 heavy (non-hydrogen) atoms. The number of benzene rings is 2. The molecular weight excluding hydrogens is 432 g/mol. The average molecular weight is 461 g/mol. The first-order valence-electron chi connectivity index (χ1n) is 11.8. The summed E-state index contributed by atoms with van der Waals surface area (Å²) in [5, 5.41) is 5.62. The molecule has 2 aromatic rings. The molecule has 2 N–H and O–H groups in total. The van der Waals surface area contributed by atoms with Gasteiger partial charge in [0.2, 0.25) is 5.91 Å². The van der Waals surface area contributed by atoms with E-state index < -0.39 is 17.5 Å². The van der Waals surface area contributed by atoms with E-state index in [1.807, 2.05) is 41.3 Å². The number of rotatable bonds is 5. The molecule has 1 aliphatic carbocycles. The summed E-state index contributed by atoms with van der Waals surface area (Å²) >= 11 is 0. The number of hydrogen-bond acceptors (Lipinski definition) is 4. The zero-order valence-corrected chi connectivity index (χ0v) is 19.0. The summed E-state index contributed by atoms with van der Waals surface area (Å²) in [6, 6.07) is 14.6. The van der Waals surface area contributed by atoms with Gasteiger partial charge in [-0.15, -0.1) is 0 Å². The second-order valence-electron chi connectivity index (χ2n) is 9.32. The predicted molar refractivity (Wildman–Crippen MR) is 125 cm³/mol. The monoisotopic (exact) mass is 460 g/mol. The average Bonchev–Trinajstić information content (AvgIpc) is 3.46. The highest BCUT2D eigenvalue weighted by molar-refractivity contribution is 6.09. The van der Waals surface area contributed by atoms with E-state index in [0.29, 0.717) is 24.8 Å². The van der Waals surface area contributed by atoms with Gasteiger partial charge in [-0.05, 0) is 54.5 Å². The Hall–Kier alpha value is -3.68. The highest BCUT2D eigenvalue weighted by atomic mass is 16.2. The standard InChI is InChI=1S/C26H28N4O4/c31-22(27-16-18-7-9-20(10-8-18)23(32)29-13-3-4-14-29)17-30-24(33)26(28-25(30)34)12-11-19-5-1-2-6-21(19)15-26/h1-2,5-10H,3-4,11-17H2,(H,27,31)(H,28,34). The number of hydrogen-bond donors (Lipinski definition) is 2. The molecule has 5 amide bonds. The maximum Gasteiger partial charge on any atom is 0.325 e. The summed E-state index contributed by atoms with van der Waals surface area (Å²) < 4.78 is 0. The minimum atomic E-state index is -0.969. The molecule has 176 valence electrons. The van der Waals surface area contributed by atoms with Gasteiger partial charge in [-0.25, -0.2) is 4.79 Å². The number of carbonyl (C=O) groups is 4. The number of imide groups is 1. The van der Waals surface area contributed by atoms with Crippen molar-refractivity contribution in [1.29, 1.82) is 0 Å². The molecule has 0 radical (unpaired) electrons. The Morgan fingerprint density at radius 2 is 1.68 bits per heavy atom. The summed E-state index contributed by atoms with van der Waals surface area (Å²) in [5.74, 6) is -0.716. The Morgan fingerprint density at radius 1 is 0.971 bits per heavy atom. The van der Waals surface area contributed by atoms with E-state index in [1.54, 1.807) is 12.1 Å². The molecule has 1 atom stereocenters. The van der Waals surface area contributed by atoms with E-state index in [0.717, 1.165) is 42.0 Å². The van der Waals surface area contributed by atoms with Crippen LogP contribution in [0.2, 0.25) is 0 Å². The largest absolute Gasteiger partial charge is 0.350 e. The van der Waals surface area contributed by atoms with Crippen LogP contribution < -0.4 is 10.6 Å². The fourth-order valence-corrected chi connectivity index (χ4v) is 5.11. The Kier molecular flexibility index (Phi) is 5.81. The number of likely N-dealkylation sites (tertiary alicyclic amines) is 1. The molecule has 2 heterocycles. The van der Waals surface area contributed by atoms with Gasteiger partial charge < -0.3 is 15.5 Å². The maximum absolute atomic E-state index is 13.1. The fraction of sp³-hybridized carbons (Fsp3) is 0.385. The van der Waals surface area contributed by atoms with Gasteiger partial charge in [-0.2, -0.15) is 0 Å². The molecule has 2 aromatic carbocycles. The summed E-state index contributed by atoms with van der Waals surface area (Å²) in [6.45, 7) is 1.53. The SMILES string of the molecule is O=C(CN1C(=O)NC2(CCc3ccccc3C2)C1=O)NCc1ccc(C(=O)N2CCCC2)cc1. The van der Waals surface area contributed by atoms with Crippen LogP contribution in [-0.4, -0.2) is 58.7 Å². The zero-order valence-electron chi connectivity index (χ0n) is 19.0. The number of amides is 5. The molecule has 2 aliphatic heterocycles. The van der Waals surface area contributed by atoms with Crippen molar-refractivity contribution in [2.75, 3.05) is 19.6 Å². The highest BCUT2D eigenvalue weighted by Gasteiger charge is 2.52. The molecule has 1 unspecified atom stereocenters. The van der Waals surface area contributed by atoms with Crippen molar-refractivity contribution in [3.05, 3.63) is 70.8 Å². The quantitative estimate of drug-likeness (QED) is 0.667. The number of urea groups is 1. The number of nitrogens with one attached hydrogen (secondary N) is 2. The van der Waals surface area contributed by atoms with Crippen LogP contribution in [0.1, 0.15) is 46.3 Å². The Balaban J connectivity index is 1.16. The van der Waals surface area contributed by atoms with Gasteiger partial charge in [0.25, 0.3) is 11.8 Å². The molecule has 3 aliphatic rings. The van der Waals surface area contributed by atoms with Crippen molar-refractivity contribution in [3.63, 3.8) is 0 Å². The topological polar surface area (TPSA) is 98.8 Å². The third kappa shape index (κ3) is 4.16. The van der Waals surface area contributed by atoms with Crippen LogP contribution in [0.3, 0.4) is 0 Å². The first-order valence-corrected chi connectivity index (χ1v) is 11.8. The fourth-order valence-electron chi connectivity index (χ4n) is 5.11. The third-order valence-electron chi connectivity index (χ3n) is 7.06. The minimum absolute atomic E-state index is 0.0332. The van der Waals surface area contributed by atoms with Gasteiger partial charge in [0, 0.05) is 31.6 Å². The normalized spacial score (nSPS) is 21.5. The lowest BCUT2D eigenvalue weighted by molar-refractivity contribution is -0.135. The van der Waals surface area contributed by atoms with Gasteiger partial charge in [0.1, 0.15) is 12.1 Å². The lowest BCUT2D eigenvalue weighted by Gasteiger charge is -2.32. The third-order valence-corrected chi connectivity index (χ3v) is 7.06. The first kappa shape index (κ1) is 22.1. The number of carbonyl (C=O) groups excluding carboxylic acids is 4. The lowest BCUT2D eigenvalue weighted by atomic mass is 9.78. The van der Waals surface area contributed by atoms with E-state index in [-0.39, 0.29) is 24.9 Å². The molecule has 1 spiro atoms. The van der Waals surface area contributed by atoms with Crippen molar-refractivity contribution < 1.29 is 19.2 Å². The summed E-state index contributed by atoms with van der Waals surface area (Å²) in [4.78, 5) is 53.6. The van der Waals surface area contributed by atoms with E-state index >= 15 is 0 Å². The van der Waals surface area contributed by atoms with E-state index in [9.17, 15) is 19.2 Å². The van der Waals surface area contributed by atoms with E-state index in [1.165, 1.54) is 5.56 Å². The van der Waals surface area contributed by atoms with E-state index in [2.05, 4.69) is 10.6 Å². The van der Waals surface area contributed by atoms with Crippen LogP contribution in [0.25, 0.3) is 0 Å². The van der Waals surface area contributed by atoms with Gasteiger partial charge >= 0.3 is 6.03 Å². The van der Waals surface area contributed by atoms with Gasteiger partial charge in [-0.1, -0.05) is 36.4 Å². The van der Waals surface area contributed by atoms with Crippen molar-refractivity contribution in [2.24, 2.45) is 0 Å². The molecular formula is C26H28N4O4. The Labute approximate surface area is 198 Å². The highest BCUT2D eigenvalue weighted by Crippen LogP contribution is 2.33. The van der Waals surface area contributed by atoms with Crippen LogP contribution in [0.5, 0.6) is 0 Å². The summed E-state index contributed by atoms with van der Waals surface area (Å²) in [7, 11) is 0. The lowest BCUT2D eigenvalue weighted by Crippen LogP contribution is -2.51. The zero-order chi connectivity index (χ0) is 23.7. The van der Waals surface area contributed by atoms with Crippen LogP contribution in [-0.2, 0) is 29.0 Å². The first-order chi connectivity index (χ1) is 16.4.